The Morgan fingerprint density at radius 2 is 2.28 bits per heavy atom. The zero-order valence-electron chi connectivity index (χ0n) is 13.0. The van der Waals surface area contributed by atoms with E-state index < -0.39 is 5.82 Å². The number of carbonyl (C=O) groups is 1. The third-order valence-electron chi connectivity index (χ3n) is 4.10. The highest BCUT2D eigenvalue weighted by atomic mass is 35.5. The second-order valence-corrected chi connectivity index (χ2v) is 7.21. The van der Waals surface area contributed by atoms with Crippen LogP contribution in [0.3, 0.4) is 0 Å². The summed E-state index contributed by atoms with van der Waals surface area (Å²) in [6.07, 6.45) is 0.320. The summed E-state index contributed by atoms with van der Waals surface area (Å²) in [7, 11) is 0. The maximum atomic E-state index is 13.3. The standard InChI is InChI=1S/C17H13ClFN3O2S/c18-12-6-10(3-4-13(12)19)8-22-9-11(7-15(22)23)17-20-16(21-24-17)14-2-1-5-25-14/h1-6,11H,7-9H2. The van der Waals surface area contributed by atoms with Crippen LogP contribution in [0.5, 0.6) is 0 Å². The Labute approximate surface area is 152 Å². The highest BCUT2D eigenvalue weighted by Crippen LogP contribution is 2.31. The molecule has 3 heterocycles. The summed E-state index contributed by atoms with van der Waals surface area (Å²) < 4.78 is 18.6. The molecule has 4 rings (SSSR count). The van der Waals surface area contributed by atoms with E-state index in [1.165, 1.54) is 17.4 Å². The minimum Gasteiger partial charge on any atom is -0.339 e. The van der Waals surface area contributed by atoms with E-state index in [1.807, 2.05) is 17.5 Å². The highest BCUT2D eigenvalue weighted by molar-refractivity contribution is 7.13. The van der Waals surface area contributed by atoms with Crippen LogP contribution in [0.2, 0.25) is 5.02 Å². The lowest BCUT2D eigenvalue weighted by Crippen LogP contribution is -2.24. The van der Waals surface area contributed by atoms with Crippen LogP contribution in [0.15, 0.2) is 40.2 Å². The number of nitrogens with zero attached hydrogens (tertiary/aromatic N) is 3. The molecule has 25 heavy (non-hydrogen) atoms. The molecule has 0 saturated carbocycles. The van der Waals surface area contributed by atoms with E-state index in [0.717, 1.165) is 10.4 Å². The van der Waals surface area contributed by atoms with E-state index in [0.29, 0.717) is 31.2 Å². The lowest BCUT2D eigenvalue weighted by Gasteiger charge is -2.16. The first-order chi connectivity index (χ1) is 12.1. The molecule has 0 spiro atoms. The first-order valence-electron chi connectivity index (χ1n) is 7.69. The van der Waals surface area contributed by atoms with Crippen molar-refractivity contribution in [1.82, 2.24) is 15.0 Å². The number of amides is 1. The SMILES string of the molecule is O=C1CC(c2nc(-c3cccs3)no2)CN1Cc1ccc(F)c(Cl)c1. The van der Waals surface area contributed by atoms with E-state index in [9.17, 15) is 9.18 Å². The third kappa shape index (κ3) is 3.29. The van der Waals surface area contributed by atoms with E-state index >= 15 is 0 Å². The van der Waals surface area contributed by atoms with Crippen molar-refractivity contribution in [3.8, 4) is 10.7 Å². The zero-order valence-corrected chi connectivity index (χ0v) is 14.6. The Morgan fingerprint density at radius 1 is 1.40 bits per heavy atom. The predicted molar refractivity (Wildman–Crippen MR) is 91.8 cm³/mol. The summed E-state index contributed by atoms with van der Waals surface area (Å²) in [6.45, 7) is 0.862. The largest absolute Gasteiger partial charge is 0.339 e. The van der Waals surface area contributed by atoms with Gasteiger partial charge in [-0.25, -0.2) is 4.39 Å². The van der Waals surface area contributed by atoms with E-state index in [1.54, 1.807) is 17.0 Å². The Kier molecular flexibility index (Phi) is 4.27. The summed E-state index contributed by atoms with van der Waals surface area (Å²) >= 11 is 7.33. The fraction of sp³-hybridized carbons (Fsp3) is 0.235. The number of thiophene rings is 1. The van der Waals surface area contributed by atoms with Crippen molar-refractivity contribution in [1.29, 1.82) is 0 Å². The summed E-state index contributed by atoms with van der Waals surface area (Å²) in [4.78, 5) is 19.3. The van der Waals surface area contributed by atoms with Crippen molar-refractivity contribution in [2.45, 2.75) is 18.9 Å². The van der Waals surface area contributed by atoms with Crippen LogP contribution in [0.4, 0.5) is 4.39 Å². The van der Waals surface area contributed by atoms with Gasteiger partial charge in [-0.05, 0) is 29.1 Å². The van der Waals surface area contributed by atoms with Crippen LogP contribution < -0.4 is 0 Å². The van der Waals surface area contributed by atoms with E-state index in [2.05, 4.69) is 10.1 Å². The number of aromatic nitrogens is 2. The maximum absolute atomic E-state index is 13.3. The van der Waals surface area contributed by atoms with Gasteiger partial charge in [0.1, 0.15) is 5.82 Å². The summed E-state index contributed by atoms with van der Waals surface area (Å²) in [5, 5.41) is 5.99. The molecule has 8 heteroatoms. The summed E-state index contributed by atoms with van der Waals surface area (Å²) in [6, 6.07) is 8.32. The molecule has 1 unspecified atom stereocenters. The summed E-state index contributed by atoms with van der Waals surface area (Å²) in [5.41, 5.74) is 0.783. The molecule has 2 aromatic heterocycles. The molecular weight excluding hydrogens is 365 g/mol. The van der Waals surface area contributed by atoms with Gasteiger partial charge in [0.25, 0.3) is 0 Å². The lowest BCUT2D eigenvalue weighted by molar-refractivity contribution is -0.128. The topological polar surface area (TPSA) is 59.2 Å². The Hall–Kier alpha value is -2.25. The molecule has 0 radical (unpaired) electrons. The fourth-order valence-electron chi connectivity index (χ4n) is 2.86. The molecule has 5 nitrogen and oxygen atoms in total. The molecule has 128 valence electrons. The van der Waals surface area contributed by atoms with Gasteiger partial charge in [0, 0.05) is 19.5 Å². The number of hydrogen-bond donors (Lipinski definition) is 0. The molecule has 1 atom stereocenters. The third-order valence-corrected chi connectivity index (χ3v) is 5.26. The van der Waals surface area contributed by atoms with Gasteiger partial charge in [-0.3, -0.25) is 4.79 Å². The van der Waals surface area contributed by atoms with Gasteiger partial charge in [0.05, 0.1) is 15.8 Å². The van der Waals surface area contributed by atoms with Gasteiger partial charge in [-0.15, -0.1) is 11.3 Å². The van der Waals surface area contributed by atoms with Crippen LogP contribution in [0.25, 0.3) is 10.7 Å². The minimum atomic E-state index is -0.469. The maximum Gasteiger partial charge on any atom is 0.232 e. The predicted octanol–water partition coefficient (Wildman–Crippen LogP) is 4.11. The molecule has 1 fully saturated rings. The number of likely N-dealkylation sites (tertiary alicyclic amines) is 1. The first kappa shape index (κ1) is 16.2. The Morgan fingerprint density at radius 3 is 3.04 bits per heavy atom. The molecule has 0 aliphatic carbocycles. The molecule has 1 aliphatic rings. The first-order valence-corrected chi connectivity index (χ1v) is 8.95. The molecule has 1 saturated heterocycles. The second-order valence-electron chi connectivity index (χ2n) is 5.86. The number of carbonyl (C=O) groups excluding carboxylic acids is 1. The van der Waals surface area contributed by atoms with Crippen molar-refractivity contribution < 1.29 is 13.7 Å². The van der Waals surface area contributed by atoms with E-state index in [-0.39, 0.29) is 16.8 Å². The average molecular weight is 378 g/mol. The average Bonchev–Trinajstić information content (AvgIpc) is 3.32. The molecule has 0 N–H and O–H groups in total. The zero-order chi connectivity index (χ0) is 17.4. The molecule has 1 amide bonds. The number of benzene rings is 1. The van der Waals surface area contributed by atoms with Crippen LogP contribution in [-0.2, 0) is 11.3 Å². The van der Waals surface area contributed by atoms with Crippen LogP contribution in [0, 0.1) is 5.82 Å². The molecular formula is C17H13ClFN3O2S. The van der Waals surface area contributed by atoms with Gasteiger partial charge >= 0.3 is 0 Å². The highest BCUT2D eigenvalue weighted by Gasteiger charge is 2.34. The monoisotopic (exact) mass is 377 g/mol. The van der Waals surface area contributed by atoms with Crippen molar-refractivity contribution in [3.05, 3.63) is 58.0 Å². The van der Waals surface area contributed by atoms with Crippen molar-refractivity contribution in [3.63, 3.8) is 0 Å². The number of hydrogen-bond acceptors (Lipinski definition) is 5. The smallest absolute Gasteiger partial charge is 0.232 e. The Balaban J connectivity index is 1.47. The van der Waals surface area contributed by atoms with Crippen LogP contribution in [0.1, 0.15) is 23.8 Å². The van der Waals surface area contributed by atoms with Crippen LogP contribution >= 0.6 is 22.9 Å². The van der Waals surface area contributed by atoms with Gasteiger partial charge in [0.15, 0.2) is 0 Å². The van der Waals surface area contributed by atoms with Crippen molar-refractivity contribution in [2.75, 3.05) is 6.54 Å². The summed E-state index contributed by atoms with van der Waals surface area (Å²) in [5.74, 6) is 0.409. The van der Waals surface area contributed by atoms with E-state index in [4.69, 9.17) is 16.1 Å². The fourth-order valence-corrected chi connectivity index (χ4v) is 3.71. The molecule has 3 aromatic rings. The van der Waals surface area contributed by atoms with Crippen molar-refractivity contribution >= 4 is 28.8 Å². The van der Waals surface area contributed by atoms with Gasteiger partial charge in [-0.2, -0.15) is 4.98 Å². The molecule has 0 bridgehead atoms. The quantitative estimate of drug-likeness (QED) is 0.686. The van der Waals surface area contributed by atoms with Gasteiger partial charge < -0.3 is 9.42 Å². The van der Waals surface area contributed by atoms with Gasteiger partial charge in [0.2, 0.25) is 17.6 Å². The Bertz CT molecular complexity index is 913. The lowest BCUT2D eigenvalue weighted by atomic mass is 10.1. The van der Waals surface area contributed by atoms with Crippen molar-refractivity contribution in [2.24, 2.45) is 0 Å². The second kappa shape index (κ2) is 6.57. The number of halogens is 2. The number of rotatable bonds is 4. The van der Waals surface area contributed by atoms with Crippen LogP contribution in [-0.4, -0.2) is 27.5 Å². The molecule has 1 aromatic carbocycles. The minimum absolute atomic E-state index is 0.00122. The van der Waals surface area contributed by atoms with Gasteiger partial charge in [-0.1, -0.05) is 28.9 Å². The normalized spacial score (nSPS) is 17.4. The molecule has 1 aliphatic heterocycles.